The van der Waals surface area contributed by atoms with Crippen LogP contribution in [0, 0.1) is 6.92 Å². The van der Waals surface area contributed by atoms with Gasteiger partial charge in [-0.05, 0) is 31.0 Å². The van der Waals surface area contributed by atoms with Gasteiger partial charge in [0.15, 0.2) is 0 Å². The van der Waals surface area contributed by atoms with E-state index in [-0.39, 0.29) is 4.90 Å². The van der Waals surface area contributed by atoms with Crippen LogP contribution in [0.2, 0.25) is 0 Å². The highest BCUT2D eigenvalue weighted by Crippen LogP contribution is 2.26. The van der Waals surface area contributed by atoms with Crippen LogP contribution >= 0.6 is 0 Å². The zero-order valence-corrected chi connectivity index (χ0v) is 13.8. The Hall–Kier alpha value is -1.27. The molecule has 0 unspecified atom stereocenters. The molecule has 1 rings (SSSR count). The van der Waals surface area contributed by atoms with Gasteiger partial charge in [0.2, 0.25) is 10.0 Å². The van der Waals surface area contributed by atoms with E-state index < -0.39 is 10.0 Å². The van der Waals surface area contributed by atoms with Crippen LogP contribution < -0.4 is 16.2 Å². The standard InChI is InChI=1S/C15H27N3O2S/c1-3-4-5-6-7-8-9-18-14-10-13(16)11-15(12(14)2)21(17,19)20/h10-11,18H,3-9,16H2,1-2H3,(H2,17,19,20). The first-order chi connectivity index (χ1) is 9.86. The highest BCUT2D eigenvalue weighted by atomic mass is 32.2. The van der Waals surface area contributed by atoms with E-state index in [2.05, 4.69) is 12.2 Å². The molecular formula is C15H27N3O2S. The Balaban J connectivity index is 2.58. The lowest BCUT2D eigenvalue weighted by molar-refractivity contribution is 0.597. The Morgan fingerprint density at radius 2 is 1.71 bits per heavy atom. The van der Waals surface area contributed by atoms with E-state index >= 15 is 0 Å². The van der Waals surface area contributed by atoms with Crippen molar-refractivity contribution < 1.29 is 8.42 Å². The number of sulfonamides is 1. The minimum Gasteiger partial charge on any atom is -0.399 e. The molecule has 0 atom stereocenters. The first-order valence-electron chi connectivity index (χ1n) is 7.53. The largest absolute Gasteiger partial charge is 0.399 e. The van der Waals surface area contributed by atoms with Gasteiger partial charge in [0, 0.05) is 17.9 Å². The second-order valence-electron chi connectivity index (χ2n) is 5.43. The van der Waals surface area contributed by atoms with E-state index in [1.807, 2.05) is 0 Å². The second kappa shape index (κ2) is 8.24. The van der Waals surface area contributed by atoms with Gasteiger partial charge in [-0.15, -0.1) is 0 Å². The molecule has 6 heteroatoms. The van der Waals surface area contributed by atoms with E-state index in [1.54, 1.807) is 13.0 Å². The molecule has 0 aliphatic rings. The van der Waals surface area contributed by atoms with Gasteiger partial charge >= 0.3 is 0 Å². The number of primary sulfonamides is 1. The maximum Gasteiger partial charge on any atom is 0.238 e. The molecule has 0 aliphatic carbocycles. The predicted octanol–water partition coefficient (Wildman–Crippen LogP) is 3.00. The van der Waals surface area contributed by atoms with Crippen molar-refractivity contribution in [2.24, 2.45) is 5.14 Å². The summed E-state index contributed by atoms with van der Waals surface area (Å²) in [6.07, 6.45) is 7.30. The Labute approximate surface area is 128 Å². The van der Waals surface area contributed by atoms with Crippen molar-refractivity contribution in [2.45, 2.75) is 57.3 Å². The minimum absolute atomic E-state index is 0.0907. The second-order valence-corrected chi connectivity index (χ2v) is 6.96. The normalized spacial score (nSPS) is 11.6. The molecule has 0 heterocycles. The average Bonchev–Trinajstić information content (AvgIpc) is 2.39. The summed E-state index contributed by atoms with van der Waals surface area (Å²) in [5.41, 5.74) is 7.51. The zero-order chi connectivity index (χ0) is 15.9. The molecule has 5 nitrogen and oxygen atoms in total. The SMILES string of the molecule is CCCCCCCCNc1cc(N)cc(S(N)(=O)=O)c1C. The van der Waals surface area contributed by atoms with Crippen molar-refractivity contribution in [1.82, 2.24) is 0 Å². The third kappa shape index (κ3) is 5.93. The monoisotopic (exact) mass is 313 g/mol. The van der Waals surface area contributed by atoms with E-state index in [9.17, 15) is 8.42 Å². The molecule has 1 aromatic carbocycles. The highest BCUT2D eigenvalue weighted by molar-refractivity contribution is 7.89. The van der Waals surface area contributed by atoms with Crippen LogP contribution in [0.3, 0.4) is 0 Å². The molecule has 0 saturated carbocycles. The van der Waals surface area contributed by atoms with Crippen molar-refractivity contribution in [1.29, 1.82) is 0 Å². The molecule has 0 radical (unpaired) electrons. The van der Waals surface area contributed by atoms with Gasteiger partial charge in [0.05, 0.1) is 4.90 Å². The molecule has 0 aromatic heterocycles. The quantitative estimate of drug-likeness (QED) is 0.482. The number of nitrogens with one attached hydrogen (secondary N) is 1. The van der Waals surface area contributed by atoms with Crippen LogP contribution in [0.15, 0.2) is 17.0 Å². The summed E-state index contributed by atoms with van der Waals surface area (Å²) in [6.45, 7) is 4.75. The molecule has 0 fully saturated rings. The van der Waals surface area contributed by atoms with Crippen molar-refractivity contribution >= 4 is 21.4 Å². The molecule has 21 heavy (non-hydrogen) atoms. The third-order valence-corrected chi connectivity index (χ3v) is 4.57. The number of rotatable bonds is 9. The number of nitrogen functional groups attached to an aromatic ring is 1. The van der Waals surface area contributed by atoms with Gasteiger partial charge in [0.25, 0.3) is 0 Å². The molecule has 120 valence electrons. The molecule has 5 N–H and O–H groups in total. The van der Waals surface area contributed by atoms with Gasteiger partial charge in [-0.2, -0.15) is 0 Å². The van der Waals surface area contributed by atoms with Crippen molar-refractivity contribution in [3.05, 3.63) is 17.7 Å². The van der Waals surface area contributed by atoms with Crippen molar-refractivity contribution in [3.8, 4) is 0 Å². The first kappa shape index (κ1) is 17.8. The minimum atomic E-state index is -3.74. The number of nitrogens with two attached hydrogens (primary N) is 2. The Bertz CT molecular complexity index is 556. The molecule has 0 spiro atoms. The summed E-state index contributed by atoms with van der Waals surface area (Å²) >= 11 is 0. The zero-order valence-electron chi connectivity index (χ0n) is 13.0. The molecule has 0 bridgehead atoms. The van der Waals surface area contributed by atoms with E-state index in [1.165, 1.54) is 38.2 Å². The number of benzene rings is 1. The first-order valence-corrected chi connectivity index (χ1v) is 9.07. The smallest absolute Gasteiger partial charge is 0.238 e. The molecule has 0 amide bonds. The van der Waals surface area contributed by atoms with E-state index in [0.717, 1.165) is 18.7 Å². The van der Waals surface area contributed by atoms with Crippen LogP contribution in [0.5, 0.6) is 0 Å². The molecular weight excluding hydrogens is 286 g/mol. The number of hydrogen-bond donors (Lipinski definition) is 3. The summed E-state index contributed by atoms with van der Waals surface area (Å²) in [5.74, 6) is 0. The fourth-order valence-corrected chi connectivity index (χ4v) is 3.15. The summed E-state index contributed by atoms with van der Waals surface area (Å²) in [4.78, 5) is 0.0907. The van der Waals surface area contributed by atoms with Crippen LogP contribution in [0.25, 0.3) is 0 Å². The summed E-state index contributed by atoms with van der Waals surface area (Å²) in [6, 6.07) is 3.15. The average molecular weight is 313 g/mol. The number of hydrogen-bond acceptors (Lipinski definition) is 4. The predicted molar refractivity (Wildman–Crippen MR) is 88.8 cm³/mol. The van der Waals surface area contributed by atoms with Crippen LogP contribution in [0.1, 0.15) is 51.0 Å². The lowest BCUT2D eigenvalue weighted by atomic mass is 10.1. The highest BCUT2D eigenvalue weighted by Gasteiger charge is 2.15. The fraction of sp³-hybridized carbons (Fsp3) is 0.600. The Morgan fingerprint density at radius 3 is 2.33 bits per heavy atom. The van der Waals surface area contributed by atoms with Crippen LogP contribution in [-0.2, 0) is 10.0 Å². The number of unbranched alkanes of at least 4 members (excludes halogenated alkanes) is 5. The van der Waals surface area contributed by atoms with Crippen LogP contribution in [0.4, 0.5) is 11.4 Å². The van der Waals surface area contributed by atoms with E-state index in [4.69, 9.17) is 10.9 Å². The van der Waals surface area contributed by atoms with Crippen molar-refractivity contribution in [3.63, 3.8) is 0 Å². The van der Waals surface area contributed by atoms with Gasteiger partial charge < -0.3 is 11.1 Å². The lowest BCUT2D eigenvalue weighted by Gasteiger charge is -2.13. The maximum atomic E-state index is 11.5. The topological polar surface area (TPSA) is 98.2 Å². The van der Waals surface area contributed by atoms with Gasteiger partial charge in [-0.25, -0.2) is 13.6 Å². The van der Waals surface area contributed by atoms with Gasteiger partial charge in [-0.1, -0.05) is 39.0 Å². The summed E-state index contributed by atoms with van der Waals surface area (Å²) < 4.78 is 23.1. The summed E-state index contributed by atoms with van der Waals surface area (Å²) in [7, 11) is -3.74. The van der Waals surface area contributed by atoms with Gasteiger partial charge in [-0.3, -0.25) is 0 Å². The maximum absolute atomic E-state index is 11.5. The van der Waals surface area contributed by atoms with E-state index in [0.29, 0.717) is 11.3 Å². The molecule has 1 aromatic rings. The number of anilines is 2. The van der Waals surface area contributed by atoms with Crippen molar-refractivity contribution in [2.75, 3.05) is 17.6 Å². The Morgan fingerprint density at radius 1 is 1.10 bits per heavy atom. The lowest BCUT2D eigenvalue weighted by Crippen LogP contribution is -2.15. The third-order valence-electron chi connectivity index (χ3n) is 3.53. The van der Waals surface area contributed by atoms with Gasteiger partial charge in [0.1, 0.15) is 0 Å². The Kier molecular flexibility index (Phi) is 6.98. The van der Waals surface area contributed by atoms with Crippen LogP contribution in [-0.4, -0.2) is 15.0 Å². The summed E-state index contributed by atoms with van der Waals surface area (Å²) in [5, 5.41) is 8.46. The molecule has 0 saturated heterocycles. The fourth-order valence-electron chi connectivity index (χ4n) is 2.32. The molecule has 0 aliphatic heterocycles.